The molecule has 100 valence electrons. The van der Waals surface area contributed by atoms with Gasteiger partial charge in [0.15, 0.2) is 0 Å². The second kappa shape index (κ2) is 5.71. The van der Waals surface area contributed by atoms with E-state index in [1.54, 1.807) is 0 Å². The Morgan fingerprint density at radius 1 is 1.12 bits per heavy atom. The molecule has 2 aliphatic carbocycles. The van der Waals surface area contributed by atoms with Crippen LogP contribution in [-0.4, -0.2) is 36.6 Å². The Kier molecular flexibility index (Phi) is 4.48. The highest BCUT2D eigenvalue weighted by Gasteiger charge is 2.36. The van der Waals surface area contributed by atoms with Gasteiger partial charge in [-0.05, 0) is 64.5 Å². The van der Waals surface area contributed by atoms with Crippen LogP contribution in [0.2, 0.25) is 0 Å². The molecule has 3 atom stereocenters. The van der Waals surface area contributed by atoms with Gasteiger partial charge in [-0.1, -0.05) is 13.8 Å². The summed E-state index contributed by atoms with van der Waals surface area (Å²) in [7, 11) is 2.33. The summed E-state index contributed by atoms with van der Waals surface area (Å²) in [6.07, 6.45) is 7.00. The number of nitrogens with one attached hydrogen (secondary N) is 1. The Morgan fingerprint density at radius 3 is 2.29 bits per heavy atom. The van der Waals surface area contributed by atoms with E-state index in [0.29, 0.717) is 0 Å². The van der Waals surface area contributed by atoms with Gasteiger partial charge < -0.3 is 10.2 Å². The molecule has 0 aromatic heterocycles. The Morgan fingerprint density at radius 2 is 1.82 bits per heavy atom. The van der Waals surface area contributed by atoms with Crippen molar-refractivity contribution in [2.75, 3.05) is 13.6 Å². The maximum absolute atomic E-state index is 3.70. The van der Waals surface area contributed by atoms with Gasteiger partial charge in [-0.15, -0.1) is 0 Å². The molecule has 0 spiro atoms. The van der Waals surface area contributed by atoms with Gasteiger partial charge in [-0.3, -0.25) is 0 Å². The summed E-state index contributed by atoms with van der Waals surface area (Å²) in [4.78, 5) is 2.64. The van der Waals surface area contributed by atoms with E-state index in [-0.39, 0.29) is 0 Å². The van der Waals surface area contributed by atoms with Gasteiger partial charge in [0.2, 0.25) is 0 Å². The van der Waals surface area contributed by atoms with E-state index in [4.69, 9.17) is 0 Å². The molecule has 0 heterocycles. The van der Waals surface area contributed by atoms with Crippen molar-refractivity contribution in [2.24, 2.45) is 11.8 Å². The maximum Gasteiger partial charge on any atom is 0.0135 e. The summed E-state index contributed by atoms with van der Waals surface area (Å²) in [5.41, 5.74) is 0. The molecule has 0 aliphatic heterocycles. The van der Waals surface area contributed by atoms with Gasteiger partial charge in [0.1, 0.15) is 0 Å². The van der Waals surface area contributed by atoms with Crippen LogP contribution in [0.25, 0.3) is 0 Å². The summed E-state index contributed by atoms with van der Waals surface area (Å²) >= 11 is 0. The lowest BCUT2D eigenvalue weighted by Crippen LogP contribution is -2.52. The molecule has 2 saturated carbocycles. The Bertz CT molecular complexity index is 235. The van der Waals surface area contributed by atoms with Crippen LogP contribution in [0.15, 0.2) is 0 Å². The molecule has 2 nitrogen and oxygen atoms in total. The number of hydrogen-bond donors (Lipinski definition) is 1. The van der Waals surface area contributed by atoms with Gasteiger partial charge >= 0.3 is 0 Å². The quantitative estimate of drug-likeness (QED) is 0.733. The summed E-state index contributed by atoms with van der Waals surface area (Å²) in [6, 6.07) is 2.45. The van der Waals surface area contributed by atoms with Crippen LogP contribution in [0.4, 0.5) is 0 Å². The average Bonchev–Trinajstić information content (AvgIpc) is 2.99. The summed E-state index contributed by atoms with van der Waals surface area (Å²) in [5, 5.41) is 3.70. The average molecular weight is 238 g/mol. The third-order valence-corrected chi connectivity index (χ3v) is 4.65. The van der Waals surface area contributed by atoms with Crippen LogP contribution < -0.4 is 5.32 Å². The predicted octanol–water partition coefficient (Wildman–Crippen LogP) is 2.88. The van der Waals surface area contributed by atoms with Crippen LogP contribution in [0.1, 0.15) is 52.9 Å². The van der Waals surface area contributed by atoms with Gasteiger partial charge in [-0.2, -0.15) is 0 Å². The van der Waals surface area contributed by atoms with Crippen molar-refractivity contribution in [3.05, 3.63) is 0 Å². The summed E-state index contributed by atoms with van der Waals surface area (Å²) in [5.74, 6) is 1.73. The minimum Gasteiger partial charge on any atom is -0.314 e. The lowest BCUT2D eigenvalue weighted by molar-refractivity contribution is 0.0483. The minimum absolute atomic E-state index is 0.740. The van der Waals surface area contributed by atoms with E-state index in [1.807, 2.05) is 0 Å². The Labute approximate surface area is 107 Å². The van der Waals surface area contributed by atoms with Crippen LogP contribution in [0.5, 0.6) is 0 Å². The van der Waals surface area contributed by atoms with Crippen LogP contribution in [0.3, 0.4) is 0 Å². The van der Waals surface area contributed by atoms with Gasteiger partial charge in [0, 0.05) is 18.1 Å². The molecule has 0 aromatic rings. The van der Waals surface area contributed by atoms with Crippen LogP contribution in [0, 0.1) is 11.8 Å². The molecular formula is C15H30N2. The third-order valence-electron chi connectivity index (χ3n) is 4.65. The maximum atomic E-state index is 3.70. The van der Waals surface area contributed by atoms with E-state index >= 15 is 0 Å². The first kappa shape index (κ1) is 13.4. The summed E-state index contributed by atoms with van der Waals surface area (Å²) in [6.45, 7) is 8.31. The third kappa shape index (κ3) is 3.69. The topological polar surface area (TPSA) is 15.3 Å². The monoisotopic (exact) mass is 238 g/mol. The highest BCUT2D eigenvalue weighted by molar-refractivity contribution is 4.92. The molecule has 2 fully saturated rings. The Balaban J connectivity index is 1.71. The van der Waals surface area contributed by atoms with Crippen molar-refractivity contribution in [3.63, 3.8) is 0 Å². The predicted molar refractivity (Wildman–Crippen MR) is 74.2 cm³/mol. The fourth-order valence-corrected chi connectivity index (χ4v) is 3.11. The largest absolute Gasteiger partial charge is 0.314 e. The number of nitrogens with zero attached hydrogens (tertiary/aromatic N) is 1. The molecule has 0 saturated heterocycles. The first-order valence-corrected chi connectivity index (χ1v) is 7.53. The molecule has 0 aromatic carbocycles. The number of hydrogen-bond acceptors (Lipinski definition) is 2. The molecule has 2 heteroatoms. The minimum atomic E-state index is 0.740. The lowest BCUT2D eigenvalue weighted by atomic mass is 9.77. The smallest absolute Gasteiger partial charge is 0.0135 e. The molecule has 0 amide bonds. The van der Waals surface area contributed by atoms with Crippen LogP contribution >= 0.6 is 0 Å². The van der Waals surface area contributed by atoms with Crippen molar-refractivity contribution in [1.82, 2.24) is 10.2 Å². The van der Waals surface area contributed by atoms with Crippen molar-refractivity contribution >= 4 is 0 Å². The Hall–Kier alpha value is -0.0800. The zero-order valence-corrected chi connectivity index (χ0v) is 12.1. The first-order valence-electron chi connectivity index (χ1n) is 7.53. The molecule has 17 heavy (non-hydrogen) atoms. The van der Waals surface area contributed by atoms with E-state index < -0.39 is 0 Å². The van der Waals surface area contributed by atoms with E-state index in [2.05, 4.69) is 38.0 Å². The molecule has 2 aliphatic rings. The second-order valence-corrected chi connectivity index (χ2v) is 6.73. The molecule has 3 unspecified atom stereocenters. The van der Waals surface area contributed by atoms with Gasteiger partial charge in [0.05, 0.1) is 0 Å². The van der Waals surface area contributed by atoms with E-state index in [1.165, 1.54) is 38.6 Å². The fraction of sp³-hybridized carbons (Fsp3) is 1.00. The van der Waals surface area contributed by atoms with E-state index in [9.17, 15) is 0 Å². The zero-order valence-electron chi connectivity index (χ0n) is 12.1. The SMILES string of the molecule is CC(C)CC(C)N(C)C1CCC1CNC1CC1. The highest BCUT2D eigenvalue weighted by Crippen LogP contribution is 2.33. The molecule has 0 bridgehead atoms. The second-order valence-electron chi connectivity index (χ2n) is 6.73. The van der Waals surface area contributed by atoms with E-state index in [0.717, 1.165) is 30.0 Å². The van der Waals surface area contributed by atoms with Crippen molar-refractivity contribution in [3.8, 4) is 0 Å². The van der Waals surface area contributed by atoms with Crippen molar-refractivity contribution in [2.45, 2.75) is 71.0 Å². The lowest BCUT2D eigenvalue weighted by Gasteiger charge is -2.46. The highest BCUT2D eigenvalue weighted by atomic mass is 15.2. The van der Waals surface area contributed by atoms with Crippen LogP contribution in [-0.2, 0) is 0 Å². The molecule has 0 radical (unpaired) electrons. The molecule has 1 N–H and O–H groups in total. The zero-order chi connectivity index (χ0) is 12.4. The fourth-order valence-electron chi connectivity index (χ4n) is 3.11. The van der Waals surface area contributed by atoms with Crippen molar-refractivity contribution in [1.29, 1.82) is 0 Å². The summed E-state index contributed by atoms with van der Waals surface area (Å²) < 4.78 is 0. The number of rotatable bonds is 7. The van der Waals surface area contributed by atoms with Crippen molar-refractivity contribution < 1.29 is 0 Å². The molecule has 2 rings (SSSR count). The standard InChI is InChI=1S/C15H30N2/c1-11(2)9-12(3)17(4)15-8-5-13(15)10-16-14-6-7-14/h11-16H,5-10H2,1-4H3. The first-order chi connectivity index (χ1) is 8.08. The van der Waals surface area contributed by atoms with Gasteiger partial charge in [-0.25, -0.2) is 0 Å². The molecular weight excluding hydrogens is 208 g/mol. The van der Waals surface area contributed by atoms with Gasteiger partial charge in [0.25, 0.3) is 0 Å². The normalized spacial score (nSPS) is 30.7.